The summed E-state index contributed by atoms with van der Waals surface area (Å²) in [6.45, 7) is 21.1. The zero-order valence-corrected chi connectivity index (χ0v) is 16.5. The van der Waals surface area contributed by atoms with E-state index in [1.165, 1.54) is 0 Å². The first-order chi connectivity index (χ1) is 10.8. The van der Waals surface area contributed by atoms with Gasteiger partial charge in [0.2, 0.25) is 0 Å². The van der Waals surface area contributed by atoms with E-state index in [0.717, 1.165) is 11.1 Å². The van der Waals surface area contributed by atoms with Crippen LogP contribution >= 0.6 is 0 Å². The summed E-state index contributed by atoms with van der Waals surface area (Å²) in [5, 5.41) is 0. The first-order valence-corrected chi connectivity index (χ1v) is 8.19. The van der Waals surface area contributed by atoms with Gasteiger partial charge in [0.1, 0.15) is 5.82 Å². The molecule has 4 heteroatoms. The van der Waals surface area contributed by atoms with Gasteiger partial charge in [-0.1, -0.05) is 40.0 Å². The summed E-state index contributed by atoms with van der Waals surface area (Å²) in [6.07, 6.45) is 7.88. The highest BCUT2D eigenvalue weighted by Gasteiger charge is 2.25. The largest absolute Gasteiger partial charge is 0.369 e. The summed E-state index contributed by atoms with van der Waals surface area (Å²) >= 11 is 0. The molecule has 0 aliphatic carbocycles. The lowest BCUT2D eigenvalue weighted by Crippen LogP contribution is -2.38. The fraction of sp³-hybridized carbons (Fsp3) is 0.500. The standard InChI is InChI=1S/C20H32N4/c1-15(19(3,4)5)11-12-17-13-24(20(6,7)8)16(2)22-18(17)21-14-23(9)10/h11-14H,1-2H2,3-10H3/b12-11+,21-14?. The molecule has 0 saturated carbocycles. The van der Waals surface area contributed by atoms with Crippen LogP contribution in [-0.2, 0) is 0 Å². The number of rotatable bonds is 3. The van der Waals surface area contributed by atoms with Crippen molar-refractivity contribution in [2.75, 3.05) is 14.1 Å². The molecule has 0 bridgehead atoms. The van der Waals surface area contributed by atoms with E-state index in [0.29, 0.717) is 11.7 Å². The summed E-state index contributed by atoms with van der Waals surface area (Å²) in [6, 6.07) is 0. The van der Waals surface area contributed by atoms with Crippen molar-refractivity contribution in [1.29, 1.82) is 0 Å². The summed E-state index contributed by atoms with van der Waals surface area (Å²) < 4.78 is 0. The molecule has 0 radical (unpaired) electrons. The number of hydrogen-bond donors (Lipinski definition) is 0. The van der Waals surface area contributed by atoms with Crippen LogP contribution in [0.1, 0.15) is 41.5 Å². The molecule has 1 heterocycles. The second kappa shape index (κ2) is 7.20. The Hall–Kier alpha value is -2.10. The van der Waals surface area contributed by atoms with E-state index in [9.17, 15) is 0 Å². The van der Waals surface area contributed by atoms with E-state index in [-0.39, 0.29) is 11.0 Å². The summed E-state index contributed by atoms with van der Waals surface area (Å²) in [5.41, 5.74) is 1.94. The molecule has 24 heavy (non-hydrogen) atoms. The molecular formula is C20H32N4. The zero-order valence-electron chi connectivity index (χ0n) is 16.5. The van der Waals surface area contributed by atoms with Gasteiger partial charge >= 0.3 is 0 Å². The minimum atomic E-state index is -0.0997. The van der Waals surface area contributed by atoms with Gasteiger partial charge in [-0.15, -0.1) is 0 Å². The van der Waals surface area contributed by atoms with E-state index < -0.39 is 0 Å². The van der Waals surface area contributed by atoms with Gasteiger partial charge in [-0.2, -0.15) is 0 Å². The molecule has 1 aliphatic rings. The van der Waals surface area contributed by atoms with Crippen molar-refractivity contribution in [1.82, 2.24) is 9.80 Å². The van der Waals surface area contributed by atoms with Crippen molar-refractivity contribution >= 4 is 12.2 Å². The lowest BCUT2D eigenvalue weighted by molar-refractivity contribution is 0.254. The zero-order chi connectivity index (χ0) is 18.7. The lowest BCUT2D eigenvalue weighted by atomic mass is 9.87. The smallest absolute Gasteiger partial charge is 0.164 e. The monoisotopic (exact) mass is 328 g/mol. The number of aliphatic imine (C=N–C) groups is 2. The Morgan fingerprint density at radius 2 is 1.79 bits per heavy atom. The van der Waals surface area contributed by atoms with Crippen molar-refractivity contribution in [2.24, 2.45) is 15.4 Å². The normalized spacial score (nSPS) is 16.7. The Balaban J connectivity index is 3.24. The van der Waals surface area contributed by atoms with Crippen molar-refractivity contribution in [2.45, 2.75) is 47.1 Å². The summed E-state index contributed by atoms with van der Waals surface area (Å²) in [7, 11) is 3.87. The molecule has 0 N–H and O–H groups in total. The topological polar surface area (TPSA) is 31.2 Å². The predicted molar refractivity (Wildman–Crippen MR) is 106 cm³/mol. The quantitative estimate of drug-likeness (QED) is 0.430. The van der Waals surface area contributed by atoms with E-state index in [4.69, 9.17) is 0 Å². The maximum atomic E-state index is 4.60. The fourth-order valence-electron chi connectivity index (χ4n) is 1.92. The lowest BCUT2D eigenvalue weighted by Gasteiger charge is -2.36. The van der Waals surface area contributed by atoms with Gasteiger partial charge in [0.15, 0.2) is 5.84 Å². The van der Waals surface area contributed by atoms with E-state index in [1.807, 2.05) is 31.1 Å². The molecule has 0 aromatic rings. The van der Waals surface area contributed by atoms with Gasteiger partial charge in [0.05, 0.1) is 6.34 Å². The number of amidine groups is 1. The molecule has 0 saturated heterocycles. The van der Waals surface area contributed by atoms with Crippen LogP contribution in [0.4, 0.5) is 0 Å². The molecule has 0 unspecified atom stereocenters. The van der Waals surface area contributed by atoms with Gasteiger partial charge in [-0.3, -0.25) is 0 Å². The highest BCUT2D eigenvalue weighted by molar-refractivity contribution is 6.05. The van der Waals surface area contributed by atoms with Crippen molar-refractivity contribution in [3.05, 3.63) is 48.5 Å². The van der Waals surface area contributed by atoms with E-state index in [2.05, 4.69) is 75.8 Å². The maximum Gasteiger partial charge on any atom is 0.164 e. The molecule has 0 fully saturated rings. The minimum absolute atomic E-state index is 0.0310. The SMILES string of the molecule is C=C1N=C(N=CN(C)C)C(/C=C/C(=C)C(C)(C)C)=CN1C(C)(C)C. The van der Waals surface area contributed by atoms with Crippen LogP contribution in [0.2, 0.25) is 0 Å². The van der Waals surface area contributed by atoms with Crippen LogP contribution in [0, 0.1) is 5.41 Å². The number of nitrogens with zero attached hydrogens (tertiary/aromatic N) is 4. The molecule has 132 valence electrons. The molecule has 0 aromatic heterocycles. The van der Waals surface area contributed by atoms with Crippen LogP contribution in [0.5, 0.6) is 0 Å². The highest BCUT2D eigenvalue weighted by atomic mass is 15.3. The Labute approximate surface area is 147 Å². The highest BCUT2D eigenvalue weighted by Crippen LogP contribution is 2.28. The molecular weight excluding hydrogens is 296 g/mol. The van der Waals surface area contributed by atoms with E-state index in [1.54, 1.807) is 6.34 Å². The van der Waals surface area contributed by atoms with Crippen LogP contribution < -0.4 is 0 Å². The molecule has 0 amide bonds. The van der Waals surface area contributed by atoms with Crippen molar-refractivity contribution < 1.29 is 0 Å². The average molecular weight is 329 g/mol. The molecule has 0 spiro atoms. The Morgan fingerprint density at radius 3 is 2.25 bits per heavy atom. The second-order valence-electron chi connectivity index (χ2n) is 8.29. The maximum absolute atomic E-state index is 4.60. The summed E-state index contributed by atoms with van der Waals surface area (Å²) in [5.74, 6) is 1.35. The Kier molecular flexibility index (Phi) is 5.99. The van der Waals surface area contributed by atoms with Crippen molar-refractivity contribution in [3.8, 4) is 0 Å². The van der Waals surface area contributed by atoms with Gasteiger partial charge < -0.3 is 9.80 Å². The third-order valence-corrected chi connectivity index (χ3v) is 3.60. The van der Waals surface area contributed by atoms with E-state index >= 15 is 0 Å². The van der Waals surface area contributed by atoms with Crippen LogP contribution in [0.15, 0.2) is 58.5 Å². The van der Waals surface area contributed by atoms with Gasteiger partial charge in [-0.25, -0.2) is 9.98 Å². The van der Waals surface area contributed by atoms with Crippen LogP contribution in [-0.4, -0.2) is 41.6 Å². The Morgan fingerprint density at radius 1 is 1.21 bits per heavy atom. The fourth-order valence-corrected chi connectivity index (χ4v) is 1.92. The summed E-state index contributed by atoms with van der Waals surface area (Å²) in [4.78, 5) is 13.0. The molecule has 1 rings (SSSR count). The number of allylic oxidation sites excluding steroid dienone is 2. The van der Waals surface area contributed by atoms with Crippen LogP contribution in [0.25, 0.3) is 0 Å². The first kappa shape index (κ1) is 19.9. The van der Waals surface area contributed by atoms with Gasteiger partial charge in [-0.05, 0) is 37.8 Å². The minimum Gasteiger partial charge on any atom is -0.369 e. The molecule has 4 nitrogen and oxygen atoms in total. The number of hydrogen-bond acceptors (Lipinski definition) is 3. The molecule has 1 aliphatic heterocycles. The van der Waals surface area contributed by atoms with Gasteiger partial charge in [0, 0.05) is 31.4 Å². The third kappa shape index (κ3) is 5.52. The first-order valence-electron chi connectivity index (χ1n) is 8.19. The molecule has 0 atom stereocenters. The average Bonchev–Trinajstić information content (AvgIpc) is 2.40. The Bertz CT molecular complexity index is 617. The van der Waals surface area contributed by atoms with Crippen molar-refractivity contribution in [3.63, 3.8) is 0 Å². The second-order valence-corrected chi connectivity index (χ2v) is 8.29. The third-order valence-electron chi connectivity index (χ3n) is 3.60. The van der Waals surface area contributed by atoms with Crippen LogP contribution in [0.3, 0.4) is 0 Å². The van der Waals surface area contributed by atoms with Gasteiger partial charge in [0.25, 0.3) is 0 Å². The molecule has 0 aromatic carbocycles. The predicted octanol–water partition coefficient (Wildman–Crippen LogP) is 4.60.